The van der Waals surface area contributed by atoms with Crippen molar-refractivity contribution in [3.05, 3.63) is 29.6 Å². The minimum atomic E-state index is -0.0339. The van der Waals surface area contributed by atoms with Crippen LogP contribution in [-0.4, -0.2) is 84.1 Å². The Bertz CT molecular complexity index is 552. The van der Waals surface area contributed by atoms with Crippen LogP contribution >= 0.6 is 0 Å². The number of hydrogen-bond acceptors (Lipinski definition) is 5. The van der Waals surface area contributed by atoms with Gasteiger partial charge in [-0.15, -0.1) is 0 Å². The number of carbonyl (C=O) groups excluding carboxylic acids is 1. The van der Waals surface area contributed by atoms with E-state index in [4.69, 9.17) is 4.74 Å². The lowest BCUT2D eigenvalue weighted by atomic mass is 10.1. The topological polar surface area (TPSA) is 48.9 Å². The van der Waals surface area contributed by atoms with Crippen molar-refractivity contribution in [2.75, 3.05) is 52.5 Å². The third kappa shape index (κ3) is 4.32. The smallest absolute Gasteiger partial charge is 0.239 e. The van der Waals surface area contributed by atoms with Crippen LogP contribution in [0.25, 0.3) is 0 Å². The zero-order chi connectivity index (χ0) is 16.9. The first kappa shape index (κ1) is 17.3. The Morgan fingerprint density at radius 2 is 1.92 bits per heavy atom. The van der Waals surface area contributed by atoms with Gasteiger partial charge in [-0.25, -0.2) is 0 Å². The number of piperazine rings is 1. The van der Waals surface area contributed by atoms with Crippen molar-refractivity contribution in [3.63, 3.8) is 0 Å². The van der Waals surface area contributed by atoms with E-state index in [1.165, 1.54) is 5.56 Å². The molecular formula is C18H28N4O2. The van der Waals surface area contributed by atoms with Gasteiger partial charge in [-0.1, -0.05) is 0 Å². The van der Waals surface area contributed by atoms with Crippen molar-refractivity contribution in [1.29, 1.82) is 0 Å². The van der Waals surface area contributed by atoms with Gasteiger partial charge in [-0.2, -0.15) is 0 Å². The van der Waals surface area contributed by atoms with Gasteiger partial charge in [-0.3, -0.25) is 19.6 Å². The number of carbonyl (C=O) groups is 1. The fourth-order valence-corrected chi connectivity index (χ4v) is 3.47. The fraction of sp³-hybridized carbons (Fsp3) is 0.667. The molecule has 2 fully saturated rings. The Morgan fingerprint density at radius 1 is 1.21 bits per heavy atom. The third-order valence-corrected chi connectivity index (χ3v) is 5.00. The van der Waals surface area contributed by atoms with Crippen LogP contribution in [-0.2, 0) is 16.1 Å². The molecule has 0 N–H and O–H groups in total. The molecule has 1 aromatic heterocycles. The number of pyridine rings is 1. The second-order valence-electron chi connectivity index (χ2n) is 6.73. The van der Waals surface area contributed by atoms with Gasteiger partial charge >= 0.3 is 0 Å². The maximum absolute atomic E-state index is 12.6. The first-order valence-corrected chi connectivity index (χ1v) is 8.88. The summed E-state index contributed by atoms with van der Waals surface area (Å²) in [7, 11) is 0. The van der Waals surface area contributed by atoms with Gasteiger partial charge in [0.05, 0.1) is 19.3 Å². The second kappa shape index (κ2) is 8.05. The summed E-state index contributed by atoms with van der Waals surface area (Å²) >= 11 is 0. The molecular weight excluding hydrogens is 304 g/mol. The molecule has 24 heavy (non-hydrogen) atoms. The minimum Gasteiger partial charge on any atom is -0.378 e. The van der Waals surface area contributed by atoms with Crippen molar-refractivity contribution in [2.45, 2.75) is 26.4 Å². The van der Waals surface area contributed by atoms with Crippen LogP contribution in [0.4, 0.5) is 0 Å². The predicted molar refractivity (Wildman–Crippen MR) is 92.7 cm³/mol. The number of hydrogen-bond donors (Lipinski definition) is 0. The van der Waals surface area contributed by atoms with E-state index in [-0.39, 0.29) is 11.9 Å². The average molecular weight is 332 g/mol. The SMILES string of the molecule is Cc1cc(CN2CCN(C(C)C(=O)N3CCOCC3)CC2)ccn1. The van der Waals surface area contributed by atoms with Gasteiger partial charge in [0.1, 0.15) is 0 Å². The van der Waals surface area contributed by atoms with Gasteiger partial charge in [0.2, 0.25) is 5.91 Å². The van der Waals surface area contributed by atoms with Gasteiger partial charge in [0.25, 0.3) is 0 Å². The van der Waals surface area contributed by atoms with Crippen LogP contribution in [0.15, 0.2) is 18.3 Å². The Hall–Kier alpha value is -1.50. The van der Waals surface area contributed by atoms with Gasteiger partial charge < -0.3 is 9.64 Å². The molecule has 1 amide bonds. The molecule has 0 aromatic carbocycles. The summed E-state index contributed by atoms with van der Waals surface area (Å²) in [5, 5.41) is 0. The molecule has 1 aromatic rings. The Kier molecular flexibility index (Phi) is 5.81. The van der Waals surface area contributed by atoms with E-state index in [1.54, 1.807) is 0 Å². The highest BCUT2D eigenvalue weighted by Gasteiger charge is 2.29. The largest absolute Gasteiger partial charge is 0.378 e. The molecule has 3 rings (SSSR count). The van der Waals surface area contributed by atoms with Gasteiger partial charge in [0.15, 0.2) is 0 Å². The molecule has 0 aliphatic carbocycles. The van der Waals surface area contributed by atoms with Crippen molar-refractivity contribution < 1.29 is 9.53 Å². The number of morpholine rings is 1. The Morgan fingerprint density at radius 3 is 2.58 bits per heavy atom. The molecule has 0 saturated carbocycles. The van der Waals surface area contributed by atoms with E-state index in [0.29, 0.717) is 13.2 Å². The number of ether oxygens (including phenoxy) is 1. The highest BCUT2D eigenvalue weighted by atomic mass is 16.5. The lowest BCUT2D eigenvalue weighted by Gasteiger charge is -2.39. The first-order chi connectivity index (χ1) is 11.6. The van der Waals surface area contributed by atoms with E-state index in [1.807, 2.05) is 24.9 Å². The summed E-state index contributed by atoms with van der Waals surface area (Å²) in [6.45, 7) is 11.7. The normalized spacial score (nSPS) is 21.7. The number of rotatable bonds is 4. The van der Waals surface area contributed by atoms with Crippen molar-refractivity contribution >= 4 is 5.91 Å². The van der Waals surface area contributed by atoms with E-state index >= 15 is 0 Å². The molecule has 6 heteroatoms. The lowest BCUT2D eigenvalue weighted by molar-refractivity contribution is -0.141. The minimum absolute atomic E-state index is 0.0339. The maximum Gasteiger partial charge on any atom is 0.239 e. The summed E-state index contributed by atoms with van der Waals surface area (Å²) in [4.78, 5) is 23.6. The molecule has 0 radical (unpaired) electrons. The van der Waals surface area contributed by atoms with Crippen molar-refractivity contribution in [1.82, 2.24) is 19.7 Å². The summed E-state index contributed by atoms with van der Waals surface area (Å²) in [5.74, 6) is 0.247. The van der Waals surface area contributed by atoms with Gasteiger partial charge in [-0.05, 0) is 31.5 Å². The van der Waals surface area contributed by atoms with Crippen LogP contribution in [0.5, 0.6) is 0 Å². The van der Waals surface area contributed by atoms with E-state index in [0.717, 1.165) is 51.5 Å². The molecule has 2 aliphatic heterocycles. The molecule has 6 nitrogen and oxygen atoms in total. The van der Waals surface area contributed by atoms with Crippen LogP contribution in [0.3, 0.4) is 0 Å². The summed E-state index contributed by atoms with van der Waals surface area (Å²) in [5.41, 5.74) is 2.38. The number of aryl methyl sites for hydroxylation is 1. The van der Waals surface area contributed by atoms with Crippen LogP contribution < -0.4 is 0 Å². The number of amides is 1. The monoisotopic (exact) mass is 332 g/mol. The molecule has 0 bridgehead atoms. The number of nitrogens with zero attached hydrogens (tertiary/aromatic N) is 4. The van der Waals surface area contributed by atoms with E-state index < -0.39 is 0 Å². The summed E-state index contributed by atoms with van der Waals surface area (Å²) < 4.78 is 5.34. The first-order valence-electron chi connectivity index (χ1n) is 8.88. The van der Waals surface area contributed by atoms with E-state index in [9.17, 15) is 4.79 Å². The summed E-state index contributed by atoms with van der Waals surface area (Å²) in [6.07, 6.45) is 1.88. The van der Waals surface area contributed by atoms with Gasteiger partial charge in [0, 0.05) is 57.7 Å². The molecule has 2 saturated heterocycles. The highest BCUT2D eigenvalue weighted by Crippen LogP contribution is 2.13. The number of aromatic nitrogens is 1. The van der Waals surface area contributed by atoms with E-state index in [2.05, 4.69) is 26.9 Å². The van der Waals surface area contributed by atoms with Crippen molar-refractivity contribution in [3.8, 4) is 0 Å². The van der Waals surface area contributed by atoms with Crippen LogP contribution in [0.1, 0.15) is 18.2 Å². The molecule has 2 aliphatic rings. The second-order valence-corrected chi connectivity index (χ2v) is 6.73. The molecule has 1 unspecified atom stereocenters. The molecule has 3 heterocycles. The molecule has 1 atom stereocenters. The highest BCUT2D eigenvalue weighted by molar-refractivity contribution is 5.81. The van der Waals surface area contributed by atoms with Crippen molar-refractivity contribution in [2.24, 2.45) is 0 Å². The Balaban J connectivity index is 1.48. The average Bonchev–Trinajstić information content (AvgIpc) is 2.62. The van der Waals surface area contributed by atoms with Crippen LogP contribution in [0, 0.1) is 6.92 Å². The lowest BCUT2D eigenvalue weighted by Crippen LogP contribution is -2.55. The quantitative estimate of drug-likeness (QED) is 0.815. The zero-order valence-electron chi connectivity index (χ0n) is 14.8. The standard InChI is InChI=1S/C18H28N4O2/c1-15-13-17(3-4-19-15)14-20-5-7-21(8-6-20)16(2)18(23)22-9-11-24-12-10-22/h3-4,13,16H,5-12,14H2,1-2H3. The summed E-state index contributed by atoms with van der Waals surface area (Å²) in [6, 6.07) is 4.20. The molecule has 0 spiro atoms. The Labute approximate surface area is 144 Å². The maximum atomic E-state index is 12.6. The zero-order valence-corrected chi connectivity index (χ0v) is 14.8. The molecule has 132 valence electrons. The van der Waals surface area contributed by atoms with Crippen LogP contribution in [0.2, 0.25) is 0 Å². The predicted octanol–water partition coefficient (Wildman–Crippen LogP) is 0.755. The third-order valence-electron chi connectivity index (χ3n) is 5.00. The fourth-order valence-electron chi connectivity index (χ4n) is 3.47.